The van der Waals surface area contributed by atoms with E-state index in [1.807, 2.05) is 24.3 Å². The highest BCUT2D eigenvalue weighted by Crippen LogP contribution is 2.26. The topological polar surface area (TPSA) is 102 Å². The van der Waals surface area contributed by atoms with Crippen molar-refractivity contribution in [3.05, 3.63) is 63.7 Å². The Hall–Kier alpha value is -3.42. The molecule has 8 heteroatoms. The second kappa shape index (κ2) is 7.90. The number of hydrogen-bond donors (Lipinski definition) is 1. The Morgan fingerprint density at radius 1 is 1.28 bits per heavy atom. The van der Waals surface area contributed by atoms with E-state index in [1.165, 1.54) is 12.1 Å². The lowest BCUT2D eigenvalue weighted by atomic mass is 9.97. The summed E-state index contributed by atoms with van der Waals surface area (Å²) in [5.41, 5.74) is 2.59. The first kappa shape index (κ1) is 18.9. The molecule has 4 rings (SSSR count). The van der Waals surface area contributed by atoms with Crippen LogP contribution in [0.15, 0.2) is 46.9 Å². The van der Waals surface area contributed by atoms with Crippen LogP contribution >= 0.6 is 0 Å². The molecule has 1 aliphatic rings. The number of anilines is 1. The lowest BCUT2D eigenvalue weighted by Crippen LogP contribution is -2.38. The fourth-order valence-electron chi connectivity index (χ4n) is 3.66. The first-order valence-electron chi connectivity index (χ1n) is 9.65. The molecule has 0 radical (unpaired) electrons. The van der Waals surface area contributed by atoms with Gasteiger partial charge in [-0.25, -0.2) is 0 Å². The third kappa shape index (κ3) is 4.06. The van der Waals surface area contributed by atoms with Crippen LogP contribution in [0.2, 0.25) is 0 Å². The van der Waals surface area contributed by atoms with Gasteiger partial charge in [0.05, 0.1) is 4.92 Å². The molecule has 1 aromatic heterocycles. The Morgan fingerprint density at radius 2 is 2.03 bits per heavy atom. The summed E-state index contributed by atoms with van der Waals surface area (Å²) in [5.74, 6) is 0.170. The first-order chi connectivity index (χ1) is 14.0. The average molecular weight is 394 g/mol. The van der Waals surface area contributed by atoms with Crippen molar-refractivity contribution in [2.24, 2.45) is 5.92 Å². The van der Waals surface area contributed by atoms with Gasteiger partial charge in [0.1, 0.15) is 5.52 Å². The molecule has 150 valence electrons. The molecule has 2 heterocycles. The highest BCUT2D eigenvalue weighted by Gasteiger charge is 2.23. The minimum Gasteiger partial charge on any atom is -0.423 e. The van der Waals surface area contributed by atoms with Gasteiger partial charge < -0.3 is 14.6 Å². The fraction of sp³-hybridized carbons (Fsp3) is 0.333. The molecule has 0 unspecified atom stereocenters. The molecule has 0 aliphatic carbocycles. The van der Waals surface area contributed by atoms with Crippen molar-refractivity contribution in [3.8, 4) is 0 Å². The van der Waals surface area contributed by atoms with Gasteiger partial charge in [-0.3, -0.25) is 14.9 Å². The quantitative estimate of drug-likeness (QED) is 0.523. The van der Waals surface area contributed by atoms with Gasteiger partial charge in [-0.1, -0.05) is 12.1 Å². The maximum Gasteiger partial charge on any atom is 0.298 e. The molecule has 1 amide bonds. The molecular formula is C21H22N4O4. The summed E-state index contributed by atoms with van der Waals surface area (Å²) in [6, 6.07) is 12.8. The molecule has 2 aromatic carbocycles. The number of amides is 1. The van der Waals surface area contributed by atoms with E-state index >= 15 is 0 Å². The Bertz CT molecular complexity index is 1020. The maximum atomic E-state index is 12.4. The van der Waals surface area contributed by atoms with Gasteiger partial charge in [0, 0.05) is 36.8 Å². The number of piperidine rings is 1. The number of hydrogen-bond acceptors (Lipinski definition) is 6. The van der Waals surface area contributed by atoms with Crippen molar-refractivity contribution < 1.29 is 14.1 Å². The number of nitrogens with one attached hydrogen (secondary N) is 1. The number of carbonyl (C=O) groups is 1. The van der Waals surface area contributed by atoms with Crippen LogP contribution in [0.1, 0.15) is 28.8 Å². The largest absolute Gasteiger partial charge is 0.423 e. The fourth-order valence-corrected chi connectivity index (χ4v) is 3.66. The van der Waals surface area contributed by atoms with Crippen LogP contribution < -0.4 is 10.2 Å². The number of fused-ring (bicyclic) bond motifs is 1. The summed E-state index contributed by atoms with van der Waals surface area (Å²) in [6.07, 6.45) is 1.86. The van der Waals surface area contributed by atoms with Gasteiger partial charge in [-0.15, -0.1) is 0 Å². The summed E-state index contributed by atoms with van der Waals surface area (Å²) in [7, 11) is 0. The molecule has 1 N–H and O–H groups in total. The number of nitro benzene ring substituents is 1. The Balaban J connectivity index is 1.30. The molecular weight excluding hydrogens is 372 g/mol. The number of oxazole rings is 1. The van der Waals surface area contributed by atoms with E-state index in [9.17, 15) is 14.9 Å². The van der Waals surface area contributed by atoms with Crippen LogP contribution in [0, 0.1) is 23.0 Å². The van der Waals surface area contributed by atoms with Crippen LogP contribution in [0.25, 0.3) is 11.1 Å². The van der Waals surface area contributed by atoms with Crippen LogP contribution in [-0.4, -0.2) is 35.4 Å². The Kier molecular flexibility index (Phi) is 5.16. The van der Waals surface area contributed by atoms with Gasteiger partial charge in [-0.2, -0.15) is 4.98 Å². The molecule has 1 aliphatic heterocycles. The lowest BCUT2D eigenvalue weighted by molar-refractivity contribution is -0.385. The van der Waals surface area contributed by atoms with E-state index < -0.39 is 4.92 Å². The molecule has 8 nitrogen and oxygen atoms in total. The van der Waals surface area contributed by atoms with E-state index in [-0.39, 0.29) is 11.6 Å². The number of rotatable bonds is 5. The number of para-hydroxylation sites is 2. The standard InChI is InChI=1S/C21H22N4O4/c1-14-12-16(6-7-18(14)25(27)28)20(26)22-13-15-8-10-24(11-9-15)21-23-17-4-2-3-5-19(17)29-21/h2-7,12,15H,8-11,13H2,1H3,(H,22,26). The van der Waals surface area contributed by atoms with Crippen molar-refractivity contribution in [1.82, 2.24) is 10.3 Å². The predicted octanol–water partition coefficient (Wildman–Crippen LogP) is 3.69. The molecule has 3 aromatic rings. The highest BCUT2D eigenvalue weighted by molar-refractivity contribution is 5.94. The van der Waals surface area contributed by atoms with E-state index in [0.29, 0.717) is 29.6 Å². The number of aromatic nitrogens is 1. The summed E-state index contributed by atoms with van der Waals surface area (Å²) >= 11 is 0. The maximum absolute atomic E-state index is 12.4. The molecule has 1 fully saturated rings. The zero-order valence-electron chi connectivity index (χ0n) is 16.1. The number of aryl methyl sites for hydroxylation is 1. The second-order valence-corrected chi connectivity index (χ2v) is 7.36. The van der Waals surface area contributed by atoms with E-state index in [2.05, 4.69) is 15.2 Å². The van der Waals surface area contributed by atoms with E-state index in [0.717, 1.165) is 37.0 Å². The minimum atomic E-state index is -0.443. The van der Waals surface area contributed by atoms with Crippen molar-refractivity contribution in [3.63, 3.8) is 0 Å². The zero-order valence-corrected chi connectivity index (χ0v) is 16.1. The van der Waals surface area contributed by atoms with Crippen molar-refractivity contribution >= 4 is 28.7 Å². The van der Waals surface area contributed by atoms with Crippen LogP contribution in [0.3, 0.4) is 0 Å². The van der Waals surface area contributed by atoms with Crippen molar-refractivity contribution in [1.29, 1.82) is 0 Å². The lowest BCUT2D eigenvalue weighted by Gasteiger charge is -2.30. The number of carbonyl (C=O) groups excluding carboxylic acids is 1. The van der Waals surface area contributed by atoms with E-state index in [1.54, 1.807) is 13.0 Å². The second-order valence-electron chi connectivity index (χ2n) is 7.36. The molecule has 0 atom stereocenters. The van der Waals surface area contributed by atoms with E-state index in [4.69, 9.17) is 4.42 Å². The summed E-state index contributed by atoms with van der Waals surface area (Å²) in [6.45, 7) is 3.86. The molecule has 0 bridgehead atoms. The van der Waals surface area contributed by atoms with Crippen LogP contribution in [0.5, 0.6) is 0 Å². The summed E-state index contributed by atoms with van der Waals surface area (Å²) in [5, 5.41) is 13.9. The normalized spacial score (nSPS) is 14.9. The third-order valence-corrected chi connectivity index (χ3v) is 5.37. The summed E-state index contributed by atoms with van der Waals surface area (Å²) in [4.78, 5) is 29.5. The number of nitrogens with zero attached hydrogens (tertiary/aromatic N) is 3. The number of benzene rings is 2. The highest BCUT2D eigenvalue weighted by atomic mass is 16.6. The van der Waals surface area contributed by atoms with Gasteiger partial charge in [-0.05, 0) is 49.9 Å². The molecule has 0 spiro atoms. The summed E-state index contributed by atoms with van der Waals surface area (Å²) < 4.78 is 5.83. The Morgan fingerprint density at radius 3 is 2.72 bits per heavy atom. The van der Waals surface area contributed by atoms with Crippen LogP contribution in [-0.2, 0) is 0 Å². The average Bonchev–Trinajstić information content (AvgIpc) is 3.16. The SMILES string of the molecule is Cc1cc(C(=O)NCC2CCN(c3nc4ccccc4o3)CC2)ccc1[N+](=O)[O-]. The first-order valence-corrected chi connectivity index (χ1v) is 9.65. The monoisotopic (exact) mass is 394 g/mol. The molecule has 29 heavy (non-hydrogen) atoms. The van der Waals surface area contributed by atoms with Crippen LogP contribution in [0.4, 0.5) is 11.7 Å². The Labute approximate surface area is 167 Å². The van der Waals surface area contributed by atoms with Gasteiger partial charge in [0.2, 0.25) is 0 Å². The van der Waals surface area contributed by atoms with Gasteiger partial charge >= 0.3 is 0 Å². The molecule has 0 saturated carbocycles. The van der Waals surface area contributed by atoms with Gasteiger partial charge in [0.25, 0.3) is 17.6 Å². The minimum absolute atomic E-state index is 0.0214. The third-order valence-electron chi connectivity index (χ3n) is 5.37. The van der Waals surface area contributed by atoms with Crippen molar-refractivity contribution in [2.45, 2.75) is 19.8 Å². The van der Waals surface area contributed by atoms with Crippen molar-refractivity contribution in [2.75, 3.05) is 24.5 Å². The number of nitro groups is 1. The zero-order chi connectivity index (χ0) is 20.4. The van der Waals surface area contributed by atoms with Gasteiger partial charge in [0.15, 0.2) is 5.58 Å². The smallest absolute Gasteiger partial charge is 0.298 e. The molecule has 1 saturated heterocycles. The predicted molar refractivity (Wildman–Crippen MR) is 109 cm³/mol.